The number of rotatable bonds is 2. The van der Waals surface area contributed by atoms with E-state index in [4.69, 9.17) is 5.73 Å². The molecule has 0 saturated carbocycles. The number of aliphatic imine (C=N–C) groups is 4. The minimum absolute atomic E-state index is 0. The van der Waals surface area contributed by atoms with Crippen LogP contribution in [0.4, 0.5) is 0 Å². The lowest BCUT2D eigenvalue weighted by Crippen LogP contribution is -2.52. The SMILES string of the molecule is Br.NC1(Cc2ccccc2)N=CN=C2N=CN=C21. The van der Waals surface area contributed by atoms with E-state index < -0.39 is 5.66 Å². The van der Waals surface area contributed by atoms with Crippen molar-refractivity contribution in [2.75, 3.05) is 0 Å². The van der Waals surface area contributed by atoms with Crippen LogP contribution in [0.15, 0.2) is 50.3 Å². The Morgan fingerprint density at radius 1 is 1.06 bits per heavy atom. The number of nitrogens with zero attached hydrogens (tertiary/aromatic N) is 4. The smallest absolute Gasteiger partial charge is 0.180 e. The molecule has 5 nitrogen and oxygen atoms in total. The molecule has 2 aliphatic heterocycles. The van der Waals surface area contributed by atoms with Gasteiger partial charge in [-0.1, -0.05) is 30.3 Å². The first kappa shape index (κ1) is 12.8. The van der Waals surface area contributed by atoms with Crippen molar-refractivity contribution in [3.05, 3.63) is 35.9 Å². The molecule has 3 rings (SSSR count). The van der Waals surface area contributed by atoms with Gasteiger partial charge in [0.25, 0.3) is 0 Å². The van der Waals surface area contributed by atoms with Gasteiger partial charge in [0, 0.05) is 6.42 Å². The molecular weight excluding hydrogens is 294 g/mol. The number of hydrogen-bond acceptors (Lipinski definition) is 5. The molecule has 6 heteroatoms. The molecule has 2 N–H and O–H groups in total. The third-order valence-corrected chi connectivity index (χ3v) is 2.77. The lowest BCUT2D eigenvalue weighted by molar-refractivity contribution is 0.597. The van der Waals surface area contributed by atoms with Gasteiger partial charge in [-0.05, 0) is 5.56 Å². The molecule has 1 aromatic rings. The summed E-state index contributed by atoms with van der Waals surface area (Å²) in [7, 11) is 0. The first-order chi connectivity index (χ1) is 8.28. The summed E-state index contributed by atoms with van der Waals surface area (Å²) in [5.74, 6) is 0.568. The fourth-order valence-corrected chi connectivity index (χ4v) is 1.94. The molecule has 0 spiro atoms. The second-order valence-corrected chi connectivity index (χ2v) is 4.01. The van der Waals surface area contributed by atoms with Crippen LogP contribution in [-0.2, 0) is 6.42 Å². The highest BCUT2D eigenvalue weighted by molar-refractivity contribution is 8.93. The average molecular weight is 306 g/mol. The maximum absolute atomic E-state index is 6.29. The zero-order valence-electron chi connectivity index (χ0n) is 9.52. The first-order valence-corrected chi connectivity index (χ1v) is 5.33. The van der Waals surface area contributed by atoms with Crippen molar-refractivity contribution >= 4 is 41.2 Å². The number of fused-ring (bicyclic) bond motifs is 1. The second kappa shape index (κ2) is 4.91. The molecule has 2 aliphatic rings. The second-order valence-electron chi connectivity index (χ2n) is 4.01. The predicted octanol–water partition coefficient (Wildman–Crippen LogP) is 1.39. The molecule has 2 heterocycles. The Morgan fingerprint density at radius 3 is 2.61 bits per heavy atom. The van der Waals surface area contributed by atoms with Gasteiger partial charge in [-0.15, -0.1) is 17.0 Å². The van der Waals surface area contributed by atoms with Crippen molar-refractivity contribution < 1.29 is 0 Å². The summed E-state index contributed by atoms with van der Waals surface area (Å²) in [4.78, 5) is 16.5. The summed E-state index contributed by atoms with van der Waals surface area (Å²) in [5, 5.41) is 0. The third-order valence-electron chi connectivity index (χ3n) is 2.77. The van der Waals surface area contributed by atoms with Crippen LogP contribution in [0.1, 0.15) is 5.56 Å². The molecule has 0 aromatic heterocycles. The molecule has 92 valence electrons. The fourth-order valence-electron chi connectivity index (χ4n) is 1.94. The number of nitrogens with two attached hydrogens (primary N) is 1. The van der Waals surface area contributed by atoms with Crippen molar-refractivity contribution in [1.29, 1.82) is 0 Å². The number of hydrogen-bond donors (Lipinski definition) is 1. The minimum Gasteiger partial charge on any atom is -0.302 e. The van der Waals surface area contributed by atoms with Crippen molar-refractivity contribution in [1.82, 2.24) is 0 Å². The van der Waals surface area contributed by atoms with Gasteiger partial charge in [-0.2, -0.15) is 0 Å². The molecule has 0 aliphatic carbocycles. The largest absolute Gasteiger partial charge is 0.302 e. The van der Waals surface area contributed by atoms with Gasteiger partial charge < -0.3 is 5.73 Å². The first-order valence-electron chi connectivity index (χ1n) is 5.33. The standard InChI is InChI=1S/C12H11N5.BrH/c13-12(6-9-4-2-1-3-5-9)10-11(15-7-14-10)16-8-17-12;/h1-5,7-8H,6,13H2;1H. The summed E-state index contributed by atoms with van der Waals surface area (Å²) in [6.45, 7) is 0. The summed E-state index contributed by atoms with van der Waals surface area (Å²) >= 11 is 0. The highest BCUT2D eigenvalue weighted by Gasteiger charge is 2.37. The molecule has 0 radical (unpaired) electrons. The van der Waals surface area contributed by atoms with Crippen LogP contribution in [0.25, 0.3) is 0 Å². The van der Waals surface area contributed by atoms with E-state index in [-0.39, 0.29) is 17.0 Å². The van der Waals surface area contributed by atoms with E-state index >= 15 is 0 Å². The highest BCUT2D eigenvalue weighted by Crippen LogP contribution is 2.20. The zero-order chi connectivity index (χ0) is 11.7. The summed E-state index contributed by atoms with van der Waals surface area (Å²) in [5.41, 5.74) is 7.19. The summed E-state index contributed by atoms with van der Waals surface area (Å²) in [6.07, 6.45) is 3.51. The van der Waals surface area contributed by atoms with E-state index in [9.17, 15) is 0 Å². The van der Waals surface area contributed by atoms with Crippen LogP contribution < -0.4 is 5.73 Å². The van der Waals surface area contributed by atoms with Crippen LogP contribution in [-0.4, -0.2) is 29.9 Å². The van der Waals surface area contributed by atoms with Gasteiger partial charge in [0.1, 0.15) is 18.4 Å². The van der Waals surface area contributed by atoms with E-state index in [1.54, 1.807) is 0 Å². The van der Waals surface area contributed by atoms with E-state index in [2.05, 4.69) is 20.0 Å². The van der Waals surface area contributed by atoms with E-state index in [0.717, 1.165) is 5.56 Å². The topological polar surface area (TPSA) is 75.5 Å². The maximum Gasteiger partial charge on any atom is 0.180 e. The number of amidine groups is 1. The van der Waals surface area contributed by atoms with Gasteiger partial charge >= 0.3 is 0 Å². The molecule has 1 unspecified atom stereocenters. The molecule has 1 aromatic carbocycles. The van der Waals surface area contributed by atoms with E-state index in [1.165, 1.54) is 12.7 Å². The van der Waals surface area contributed by atoms with Crippen LogP contribution in [0.3, 0.4) is 0 Å². The number of halogens is 1. The highest BCUT2D eigenvalue weighted by atomic mass is 79.9. The number of benzene rings is 1. The van der Waals surface area contributed by atoms with Crippen molar-refractivity contribution in [3.63, 3.8) is 0 Å². The molecule has 18 heavy (non-hydrogen) atoms. The Bertz CT molecular complexity index is 561. The average Bonchev–Trinajstić information content (AvgIpc) is 2.80. The quantitative estimate of drug-likeness (QED) is 0.880. The van der Waals surface area contributed by atoms with Crippen LogP contribution >= 0.6 is 17.0 Å². The van der Waals surface area contributed by atoms with Crippen LogP contribution in [0, 0.1) is 0 Å². The molecule has 0 amide bonds. The minimum atomic E-state index is -0.852. The molecular formula is C12H12BrN5. The van der Waals surface area contributed by atoms with Gasteiger partial charge in [0.15, 0.2) is 11.5 Å². The fraction of sp³-hybridized carbons (Fsp3) is 0.167. The Morgan fingerprint density at radius 2 is 1.83 bits per heavy atom. The lowest BCUT2D eigenvalue weighted by atomic mass is 9.95. The van der Waals surface area contributed by atoms with Crippen molar-refractivity contribution in [2.45, 2.75) is 12.1 Å². The summed E-state index contributed by atoms with van der Waals surface area (Å²) < 4.78 is 0. The molecule has 0 bridgehead atoms. The van der Waals surface area contributed by atoms with Gasteiger partial charge in [-0.25, -0.2) is 20.0 Å². The predicted molar refractivity (Wildman–Crippen MR) is 79.2 cm³/mol. The Labute approximate surface area is 115 Å². The molecule has 0 fully saturated rings. The molecule has 1 atom stereocenters. The Balaban J connectivity index is 0.00000120. The summed E-state index contributed by atoms with van der Waals surface area (Å²) in [6, 6.07) is 9.97. The van der Waals surface area contributed by atoms with Crippen molar-refractivity contribution in [2.24, 2.45) is 25.7 Å². The molecule has 0 saturated heterocycles. The monoisotopic (exact) mass is 305 g/mol. The normalized spacial score (nSPS) is 24.1. The maximum atomic E-state index is 6.29. The van der Waals surface area contributed by atoms with Gasteiger partial charge in [0.2, 0.25) is 0 Å². The van der Waals surface area contributed by atoms with Crippen LogP contribution in [0.2, 0.25) is 0 Å². The Kier molecular flexibility index (Phi) is 3.49. The Hall–Kier alpha value is -1.66. The third kappa shape index (κ3) is 2.16. The van der Waals surface area contributed by atoms with Gasteiger partial charge in [-0.3, -0.25) is 0 Å². The van der Waals surface area contributed by atoms with Crippen LogP contribution in [0.5, 0.6) is 0 Å². The van der Waals surface area contributed by atoms with E-state index in [1.807, 2.05) is 30.3 Å². The van der Waals surface area contributed by atoms with Crippen molar-refractivity contribution in [3.8, 4) is 0 Å². The zero-order valence-corrected chi connectivity index (χ0v) is 11.2. The van der Waals surface area contributed by atoms with Gasteiger partial charge in [0.05, 0.1) is 0 Å². The van der Waals surface area contributed by atoms with E-state index in [0.29, 0.717) is 18.0 Å². The lowest BCUT2D eigenvalue weighted by Gasteiger charge is -2.26.